The van der Waals surface area contributed by atoms with Gasteiger partial charge < -0.3 is 5.11 Å². The maximum absolute atomic E-state index is 10.3. The van der Waals surface area contributed by atoms with Crippen molar-refractivity contribution in [2.45, 2.75) is 118 Å². The first-order chi connectivity index (χ1) is 13.7. The van der Waals surface area contributed by atoms with E-state index in [1.165, 1.54) is 57.8 Å². The molecule has 29 heavy (non-hydrogen) atoms. The maximum Gasteiger partial charge on any atom is 0.0543 e. The first-order valence-corrected chi connectivity index (χ1v) is 13.4. The Hall–Kier alpha value is -0.0400. The van der Waals surface area contributed by atoms with E-state index in [9.17, 15) is 5.11 Å². The Balaban J connectivity index is 1.30. The summed E-state index contributed by atoms with van der Waals surface area (Å²) in [6, 6.07) is 0. The van der Waals surface area contributed by atoms with E-state index < -0.39 is 0 Å². The van der Waals surface area contributed by atoms with Gasteiger partial charge in [-0.15, -0.1) is 0 Å². The minimum atomic E-state index is 0.0126. The summed E-state index contributed by atoms with van der Waals surface area (Å²) in [5.41, 5.74) is 2.01. The Kier molecular flexibility index (Phi) is 5.02. The van der Waals surface area contributed by atoms with Crippen molar-refractivity contribution in [2.24, 2.45) is 57.7 Å². The summed E-state index contributed by atoms with van der Waals surface area (Å²) >= 11 is 0. The average Bonchev–Trinajstić information content (AvgIpc) is 3.22. The number of rotatable bonds is 5. The van der Waals surface area contributed by atoms with Crippen LogP contribution < -0.4 is 0 Å². The minimum absolute atomic E-state index is 0.0126. The third-order valence-corrected chi connectivity index (χ3v) is 12.3. The molecule has 1 heteroatoms. The van der Waals surface area contributed by atoms with Gasteiger partial charge in [-0.05, 0) is 122 Å². The van der Waals surface area contributed by atoms with E-state index in [1.807, 2.05) is 0 Å². The van der Waals surface area contributed by atoms with Crippen LogP contribution in [0.3, 0.4) is 0 Å². The quantitative estimate of drug-likeness (QED) is 0.507. The Morgan fingerprint density at radius 1 is 0.828 bits per heavy atom. The molecule has 5 rings (SSSR count). The molecule has 5 fully saturated rings. The fourth-order valence-corrected chi connectivity index (χ4v) is 10.2. The normalized spacial score (nSPS) is 52.9. The van der Waals surface area contributed by atoms with Gasteiger partial charge in [0.15, 0.2) is 0 Å². The standard InChI is InChI=1S/C28H48O/c1-18(2)19(3)6-7-20(4)23-10-11-24-25-9-8-21-16-22(29)12-13-27(21)17-28(25,27)15-14-26(23,24)5/h18-25,29H,6-17H2,1-5H3/t19?,20-,21?,22?,23?,24+,25?,26?,27?,28?/m1/s1. The second kappa shape index (κ2) is 6.98. The summed E-state index contributed by atoms with van der Waals surface area (Å²) in [6.45, 7) is 12.6. The number of hydrogen-bond acceptors (Lipinski definition) is 1. The molecule has 166 valence electrons. The lowest BCUT2D eigenvalue weighted by Crippen LogP contribution is -2.49. The number of hydrogen-bond donors (Lipinski definition) is 1. The summed E-state index contributed by atoms with van der Waals surface area (Å²) in [6.07, 6.45) is 17.0. The van der Waals surface area contributed by atoms with Crippen LogP contribution in [0.2, 0.25) is 0 Å². The van der Waals surface area contributed by atoms with Gasteiger partial charge >= 0.3 is 0 Å². The summed E-state index contributed by atoms with van der Waals surface area (Å²) in [5.74, 6) is 6.50. The molecule has 0 aliphatic heterocycles. The van der Waals surface area contributed by atoms with Gasteiger partial charge in [0, 0.05) is 0 Å². The Morgan fingerprint density at radius 2 is 1.59 bits per heavy atom. The molecule has 0 bridgehead atoms. The third-order valence-electron chi connectivity index (χ3n) is 12.3. The minimum Gasteiger partial charge on any atom is -0.393 e. The zero-order valence-electron chi connectivity index (χ0n) is 20.1. The van der Waals surface area contributed by atoms with Crippen LogP contribution >= 0.6 is 0 Å². The van der Waals surface area contributed by atoms with Crippen molar-refractivity contribution in [2.75, 3.05) is 0 Å². The maximum atomic E-state index is 10.3. The van der Waals surface area contributed by atoms with Crippen LogP contribution in [0.25, 0.3) is 0 Å². The van der Waals surface area contributed by atoms with E-state index in [4.69, 9.17) is 0 Å². The number of fused-ring (bicyclic) bond motifs is 2. The van der Waals surface area contributed by atoms with Gasteiger partial charge in [-0.25, -0.2) is 0 Å². The van der Waals surface area contributed by atoms with E-state index in [0.717, 1.165) is 54.3 Å². The lowest BCUT2D eigenvalue weighted by atomic mass is 9.49. The van der Waals surface area contributed by atoms with Gasteiger partial charge in [0.05, 0.1) is 6.10 Å². The molecular weight excluding hydrogens is 352 g/mol. The molecule has 2 spiro atoms. The van der Waals surface area contributed by atoms with Crippen LogP contribution in [0.1, 0.15) is 112 Å². The van der Waals surface area contributed by atoms with Gasteiger partial charge in [-0.2, -0.15) is 0 Å². The highest BCUT2D eigenvalue weighted by Crippen LogP contribution is 2.85. The predicted octanol–water partition coefficient (Wildman–Crippen LogP) is 7.47. The molecular formula is C28H48O. The van der Waals surface area contributed by atoms with Crippen molar-refractivity contribution in [1.29, 1.82) is 0 Å². The van der Waals surface area contributed by atoms with Crippen LogP contribution in [0, 0.1) is 57.7 Å². The largest absolute Gasteiger partial charge is 0.393 e. The van der Waals surface area contributed by atoms with E-state index in [0.29, 0.717) is 16.2 Å². The highest BCUT2D eigenvalue weighted by atomic mass is 16.3. The predicted molar refractivity (Wildman–Crippen MR) is 122 cm³/mol. The monoisotopic (exact) mass is 400 g/mol. The van der Waals surface area contributed by atoms with Gasteiger partial charge in [0.1, 0.15) is 0 Å². The summed E-state index contributed by atoms with van der Waals surface area (Å²) < 4.78 is 0. The lowest BCUT2D eigenvalue weighted by molar-refractivity contribution is -0.0830. The SMILES string of the molecule is CC(C)C(C)CC[C@@H](C)C1CC[C@H]2C3CCC4CC(O)CCC45CC35CCC12C. The van der Waals surface area contributed by atoms with Gasteiger partial charge in [-0.1, -0.05) is 47.5 Å². The van der Waals surface area contributed by atoms with Crippen LogP contribution in [0.5, 0.6) is 0 Å². The van der Waals surface area contributed by atoms with Crippen molar-refractivity contribution >= 4 is 0 Å². The number of aliphatic hydroxyl groups excluding tert-OH is 1. The average molecular weight is 401 g/mol. The van der Waals surface area contributed by atoms with Crippen LogP contribution in [-0.2, 0) is 0 Å². The third kappa shape index (κ3) is 2.87. The van der Waals surface area contributed by atoms with Crippen LogP contribution in [0.4, 0.5) is 0 Å². The van der Waals surface area contributed by atoms with Crippen molar-refractivity contribution < 1.29 is 5.11 Å². The molecule has 0 aromatic rings. The molecule has 5 aliphatic rings. The van der Waals surface area contributed by atoms with Crippen molar-refractivity contribution in [3.05, 3.63) is 0 Å². The molecule has 0 saturated heterocycles. The van der Waals surface area contributed by atoms with Gasteiger partial charge in [-0.3, -0.25) is 0 Å². The Morgan fingerprint density at radius 3 is 2.34 bits per heavy atom. The van der Waals surface area contributed by atoms with E-state index in [1.54, 1.807) is 6.42 Å². The van der Waals surface area contributed by atoms with E-state index in [2.05, 4.69) is 34.6 Å². The molecule has 0 heterocycles. The summed E-state index contributed by atoms with van der Waals surface area (Å²) in [4.78, 5) is 0. The molecule has 5 aliphatic carbocycles. The van der Waals surface area contributed by atoms with Gasteiger partial charge in [0.25, 0.3) is 0 Å². The zero-order valence-corrected chi connectivity index (χ0v) is 20.1. The highest BCUT2D eigenvalue weighted by Gasteiger charge is 2.78. The first kappa shape index (κ1) is 20.8. The topological polar surface area (TPSA) is 20.2 Å². The molecule has 10 atom stereocenters. The van der Waals surface area contributed by atoms with Crippen molar-refractivity contribution in [1.82, 2.24) is 0 Å². The highest BCUT2D eigenvalue weighted by molar-refractivity contribution is 5.26. The van der Waals surface area contributed by atoms with Crippen LogP contribution in [-0.4, -0.2) is 11.2 Å². The fourth-order valence-electron chi connectivity index (χ4n) is 10.2. The fraction of sp³-hybridized carbons (Fsp3) is 1.00. The van der Waals surface area contributed by atoms with Gasteiger partial charge in [0.2, 0.25) is 0 Å². The second-order valence-electron chi connectivity index (χ2n) is 13.4. The molecule has 8 unspecified atom stereocenters. The molecule has 0 radical (unpaired) electrons. The second-order valence-corrected chi connectivity index (χ2v) is 13.4. The first-order valence-electron chi connectivity index (χ1n) is 13.4. The molecule has 0 aromatic carbocycles. The summed E-state index contributed by atoms with van der Waals surface area (Å²) in [5, 5.41) is 10.3. The number of aliphatic hydroxyl groups is 1. The molecule has 1 nitrogen and oxygen atoms in total. The molecule has 0 aromatic heterocycles. The lowest BCUT2D eigenvalue weighted by Gasteiger charge is -2.56. The van der Waals surface area contributed by atoms with E-state index >= 15 is 0 Å². The Bertz CT molecular complexity index is 626. The Labute approximate surface area is 180 Å². The van der Waals surface area contributed by atoms with Crippen molar-refractivity contribution in [3.8, 4) is 0 Å². The van der Waals surface area contributed by atoms with Crippen LogP contribution in [0.15, 0.2) is 0 Å². The van der Waals surface area contributed by atoms with Crippen molar-refractivity contribution in [3.63, 3.8) is 0 Å². The molecule has 5 saturated carbocycles. The molecule has 1 N–H and O–H groups in total. The smallest absolute Gasteiger partial charge is 0.0543 e. The summed E-state index contributed by atoms with van der Waals surface area (Å²) in [7, 11) is 0. The van der Waals surface area contributed by atoms with E-state index in [-0.39, 0.29) is 6.10 Å². The molecule has 0 amide bonds. The zero-order chi connectivity index (χ0) is 20.6.